The average molecular weight is 330 g/mol. The van der Waals surface area contributed by atoms with Gasteiger partial charge in [-0.15, -0.1) is 12.4 Å². The molecule has 1 saturated heterocycles. The third-order valence-electron chi connectivity index (χ3n) is 3.84. The lowest BCUT2D eigenvalue weighted by molar-refractivity contribution is -0.116. The summed E-state index contributed by atoms with van der Waals surface area (Å²) in [4.78, 5) is 14.3. The SMILES string of the molecule is CCCN(CCC(=O)Nc1ccccc1F)C1CCNC1.Cl. The number of amides is 1. The molecule has 6 heteroatoms. The fourth-order valence-corrected chi connectivity index (χ4v) is 2.74. The van der Waals surface area contributed by atoms with Crippen molar-refractivity contribution < 1.29 is 9.18 Å². The van der Waals surface area contributed by atoms with Crippen molar-refractivity contribution in [3.05, 3.63) is 30.1 Å². The van der Waals surface area contributed by atoms with Gasteiger partial charge in [-0.2, -0.15) is 0 Å². The number of hydrogen-bond donors (Lipinski definition) is 2. The van der Waals surface area contributed by atoms with E-state index in [9.17, 15) is 9.18 Å². The van der Waals surface area contributed by atoms with Crippen LogP contribution in [-0.2, 0) is 4.79 Å². The van der Waals surface area contributed by atoms with Gasteiger partial charge >= 0.3 is 0 Å². The van der Waals surface area contributed by atoms with Crippen LogP contribution in [0.25, 0.3) is 0 Å². The first-order valence-corrected chi connectivity index (χ1v) is 7.70. The van der Waals surface area contributed by atoms with E-state index in [0.29, 0.717) is 12.5 Å². The molecule has 4 nitrogen and oxygen atoms in total. The van der Waals surface area contributed by atoms with E-state index in [1.54, 1.807) is 18.2 Å². The number of para-hydroxylation sites is 1. The Morgan fingerprint density at radius 2 is 2.18 bits per heavy atom. The zero-order valence-corrected chi connectivity index (χ0v) is 13.8. The largest absolute Gasteiger partial charge is 0.324 e. The maximum atomic E-state index is 13.5. The third kappa shape index (κ3) is 5.55. The number of nitrogens with one attached hydrogen (secondary N) is 2. The van der Waals surface area contributed by atoms with Crippen LogP contribution in [0.2, 0.25) is 0 Å². The van der Waals surface area contributed by atoms with Crippen LogP contribution in [0.1, 0.15) is 26.2 Å². The van der Waals surface area contributed by atoms with Crippen LogP contribution in [0.5, 0.6) is 0 Å². The summed E-state index contributed by atoms with van der Waals surface area (Å²) in [6.45, 7) is 5.91. The Labute approximate surface area is 137 Å². The molecule has 1 aromatic carbocycles. The number of nitrogens with zero attached hydrogens (tertiary/aromatic N) is 1. The Balaban J connectivity index is 0.00000242. The lowest BCUT2D eigenvalue weighted by Crippen LogP contribution is -2.39. The van der Waals surface area contributed by atoms with Crippen molar-refractivity contribution in [3.63, 3.8) is 0 Å². The highest BCUT2D eigenvalue weighted by Crippen LogP contribution is 2.14. The van der Waals surface area contributed by atoms with Crippen molar-refractivity contribution in [3.8, 4) is 0 Å². The quantitative estimate of drug-likeness (QED) is 0.808. The Hall–Kier alpha value is -1.17. The molecule has 1 amide bonds. The lowest BCUT2D eigenvalue weighted by atomic mass is 10.2. The van der Waals surface area contributed by atoms with Crippen molar-refractivity contribution in [2.75, 3.05) is 31.5 Å². The topological polar surface area (TPSA) is 44.4 Å². The van der Waals surface area contributed by atoms with Crippen LogP contribution < -0.4 is 10.6 Å². The first kappa shape index (κ1) is 18.9. The Morgan fingerprint density at radius 1 is 1.41 bits per heavy atom. The predicted octanol–water partition coefficient (Wildman–Crippen LogP) is 2.65. The smallest absolute Gasteiger partial charge is 0.225 e. The molecule has 0 aromatic heterocycles. The Kier molecular flexibility index (Phi) is 8.38. The van der Waals surface area contributed by atoms with Crippen molar-refractivity contribution in [1.82, 2.24) is 10.2 Å². The molecule has 1 aliphatic rings. The highest BCUT2D eigenvalue weighted by atomic mass is 35.5. The van der Waals surface area contributed by atoms with E-state index >= 15 is 0 Å². The lowest BCUT2D eigenvalue weighted by Gasteiger charge is -2.27. The fourth-order valence-electron chi connectivity index (χ4n) is 2.74. The molecule has 0 saturated carbocycles. The van der Waals surface area contributed by atoms with Gasteiger partial charge in [0.25, 0.3) is 0 Å². The average Bonchev–Trinajstić information content (AvgIpc) is 3.00. The van der Waals surface area contributed by atoms with Crippen LogP contribution in [0, 0.1) is 5.82 Å². The summed E-state index contributed by atoms with van der Waals surface area (Å²) >= 11 is 0. The minimum Gasteiger partial charge on any atom is -0.324 e. The summed E-state index contributed by atoms with van der Waals surface area (Å²) in [5.74, 6) is -0.525. The highest BCUT2D eigenvalue weighted by Gasteiger charge is 2.22. The number of rotatable bonds is 7. The first-order chi connectivity index (χ1) is 10.2. The molecule has 0 radical (unpaired) electrons. The second kappa shape index (κ2) is 9.77. The summed E-state index contributed by atoms with van der Waals surface area (Å²) in [5.41, 5.74) is 0.257. The molecular weight excluding hydrogens is 305 g/mol. The number of benzene rings is 1. The van der Waals surface area contributed by atoms with Crippen molar-refractivity contribution in [2.24, 2.45) is 0 Å². The molecule has 1 atom stereocenters. The van der Waals surface area contributed by atoms with Crippen LogP contribution in [0.15, 0.2) is 24.3 Å². The molecule has 0 spiro atoms. The van der Waals surface area contributed by atoms with Gasteiger partial charge in [0.05, 0.1) is 5.69 Å². The molecule has 1 aliphatic heterocycles. The van der Waals surface area contributed by atoms with Gasteiger partial charge in [0.15, 0.2) is 0 Å². The van der Waals surface area contributed by atoms with E-state index < -0.39 is 5.82 Å². The summed E-state index contributed by atoms with van der Waals surface area (Å²) in [7, 11) is 0. The molecule has 2 N–H and O–H groups in total. The minimum absolute atomic E-state index is 0. The van der Waals surface area contributed by atoms with Gasteiger partial charge in [0, 0.05) is 25.6 Å². The summed E-state index contributed by atoms with van der Waals surface area (Å²) < 4.78 is 13.5. The van der Waals surface area contributed by atoms with Crippen molar-refractivity contribution in [1.29, 1.82) is 0 Å². The second-order valence-electron chi connectivity index (χ2n) is 5.46. The zero-order valence-electron chi connectivity index (χ0n) is 13.0. The third-order valence-corrected chi connectivity index (χ3v) is 3.84. The fraction of sp³-hybridized carbons (Fsp3) is 0.562. The van der Waals surface area contributed by atoms with E-state index in [1.807, 2.05) is 0 Å². The summed E-state index contributed by atoms with van der Waals surface area (Å²) in [5, 5.41) is 6.00. The first-order valence-electron chi connectivity index (χ1n) is 7.70. The monoisotopic (exact) mass is 329 g/mol. The van der Waals surface area contributed by atoms with Gasteiger partial charge in [-0.3, -0.25) is 9.69 Å². The van der Waals surface area contributed by atoms with E-state index in [-0.39, 0.29) is 24.0 Å². The summed E-state index contributed by atoms with van der Waals surface area (Å²) in [6.07, 6.45) is 2.60. The molecule has 1 aromatic rings. The number of carbonyl (C=O) groups excluding carboxylic acids is 1. The molecule has 1 fully saturated rings. The van der Waals surface area contributed by atoms with E-state index in [1.165, 1.54) is 6.07 Å². The number of halogens is 2. The Morgan fingerprint density at radius 3 is 2.82 bits per heavy atom. The van der Waals surface area contributed by atoms with Crippen LogP contribution in [-0.4, -0.2) is 43.0 Å². The highest BCUT2D eigenvalue weighted by molar-refractivity contribution is 5.90. The van der Waals surface area contributed by atoms with Gasteiger partial charge in [-0.05, 0) is 38.1 Å². The van der Waals surface area contributed by atoms with Crippen LogP contribution in [0.3, 0.4) is 0 Å². The standard InChI is InChI=1S/C16H24FN3O.ClH/c1-2-10-20(13-7-9-18-12-13)11-8-16(21)19-15-6-4-3-5-14(15)17;/h3-6,13,18H,2,7-12H2,1H3,(H,19,21);1H. The van der Waals surface area contributed by atoms with Crippen LogP contribution in [0.4, 0.5) is 10.1 Å². The molecular formula is C16H25ClFN3O. The van der Waals surface area contributed by atoms with E-state index in [4.69, 9.17) is 0 Å². The number of carbonyl (C=O) groups is 1. The molecule has 124 valence electrons. The van der Waals surface area contributed by atoms with Gasteiger partial charge in [0.2, 0.25) is 5.91 Å². The van der Waals surface area contributed by atoms with Gasteiger partial charge in [0.1, 0.15) is 5.82 Å². The molecule has 1 unspecified atom stereocenters. The molecule has 22 heavy (non-hydrogen) atoms. The predicted molar refractivity (Wildman–Crippen MR) is 90.0 cm³/mol. The maximum absolute atomic E-state index is 13.5. The molecule has 0 aliphatic carbocycles. The summed E-state index contributed by atoms with van der Waals surface area (Å²) in [6, 6.07) is 6.78. The maximum Gasteiger partial charge on any atom is 0.225 e. The Bertz CT molecular complexity index is 466. The van der Waals surface area contributed by atoms with Crippen molar-refractivity contribution >= 4 is 24.0 Å². The number of anilines is 1. The van der Waals surface area contributed by atoms with Gasteiger partial charge < -0.3 is 10.6 Å². The van der Waals surface area contributed by atoms with Crippen molar-refractivity contribution in [2.45, 2.75) is 32.2 Å². The number of hydrogen-bond acceptors (Lipinski definition) is 3. The minimum atomic E-state index is -0.392. The van der Waals surface area contributed by atoms with Crippen LogP contribution >= 0.6 is 12.4 Å². The van der Waals surface area contributed by atoms with E-state index in [2.05, 4.69) is 22.5 Å². The molecule has 0 bridgehead atoms. The molecule has 2 rings (SSSR count). The zero-order chi connectivity index (χ0) is 15.1. The normalized spacial score (nSPS) is 17.3. The second-order valence-corrected chi connectivity index (χ2v) is 5.46. The van der Waals surface area contributed by atoms with E-state index in [0.717, 1.165) is 39.0 Å². The molecule has 1 heterocycles. The van der Waals surface area contributed by atoms with Gasteiger partial charge in [-0.25, -0.2) is 4.39 Å². The van der Waals surface area contributed by atoms with Gasteiger partial charge in [-0.1, -0.05) is 19.1 Å².